The molecule has 0 spiro atoms. The Balaban J connectivity index is 2.55. The van der Waals surface area contributed by atoms with Crippen molar-refractivity contribution in [3.05, 3.63) is 38.8 Å². The highest BCUT2D eigenvalue weighted by atomic mass is 35.5. The molecule has 2 rings (SSSR count). The normalized spacial score (nSPS) is 11.4. The number of H-pyrrole nitrogens is 1. The molecule has 2 aromatic rings. The number of aryl methyl sites for hydroxylation is 1. The average molecular weight is 311 g/mol. The molecule has 7 heteroatoms. The average Bonchev–Trinajstić information content (AvgIpc) is 2.71. The van der Waals surface area contributed by atoms with Crippen LogP contribution in [-0.4, -0.2) is 19.1 Å². The summed E-state index contributed by atoms with van der Waals surface area (Å²) in [7, 11) is 0. The summed E-state index contributed by atoms with van der Waals surface area (Å²) in [6.45, 7) is 8.76. The lowest BCUT2D eigenvalue weighted by atomic mass is 10.1. The number of imidazole rings is 1. The van der Waals surface area contributed by atoms with Gasteiger partial charge in [-0.2, -0.15) is 4.98 Å². The maximum atomic E-state index is 12.0. The van der Waals surface area contributed by atoms with Crippen LogP contribution in [0.5, 0.6) is 0 Å². The molecule has 0 aliphatic heterocycles. The summed E-state index contributed by atoms with van der Waals surface area (Å²) in [5.41, 5.74) is -0.282. The van der Waals surface area contributed by atoms with Crippen molar-refractivity contribution in [2.24, 2.45) is 5.92 Å². The Labute approximate surface area is 127 Å². The second kappa shape index (κ2) is 6.30. The Hall–Kier alpha value is -1.82. The van der Waals surface area contributed by atoms with E-state index in [1.165, 1.54) is 4.57 Å². The van der Waals surface area contributed by atoms with Gasteiger partial charge in [-0.25, -0.2) is 4.79 Å². The van der Waals surface area contributed by atoms with Crippen molar-refractivity contribution in [3.8, 4) is 0 Å². The van der Waals surface area contributed by atoms with Crippen LogP contribution in [0.25, 0.3) is 11.2 Å². The van der Waals surface area contributed by atoms with Crippen molar-refractivity contribution in [1.82, 2.24) is 19.1 Å². The predicted octanol–water partition coefficient (Wildman–Crippen LogP) is 2.16. The summed E-state index contributed by atoms with van der Waals surface area (Å²) in [5, 5.41) is 0.179. The molecule has 0 aliphatic rings. The topological polar surface area (TPSA) is 72.7 Å². The number of nitrogens with one attached hydrogen (secondary N) is 1. The van der Waals surface area contributed by atoms with Crippen LogP contribution in [-0.2, 0) is 13.1 Å². The zero-order valence-electron chi connectivity index (χ0n) is 12.2. The third-order valence-electron chi connectivity index (χ3n) is 3.31. The van der Waals surface area contributed by atoms with E-state index >= 15 is 0 Å². The van der Waals surface area contributed by atoms with Crippen LogP contribution in [0.15, 0.2) is 22.2 Å². The number of allylic oxidation sites excluding steroid dienone is 1. The van der Waals surface area contributed by atoms with Gasteiger partial charge in [-0.1, -0.05) is 19.9 Å². The minimum Gasteiger partial charge on any atom is -0.305 e. The van der Waals surface area contributed by atoms with Crippen LogP contribution in [0.3, 0.4) is 0 Å². The zero-order valence-corrected chi connectivity index (χ0v) is 13.0. The molecule has 0 radical (unpaired) electrons. The van der Waals surface area contributed by atoms with Crippen LogP contribution in [0, 0.1) is 5.92 Å². The largest absolute Gasteiger partial charge is 0.330 e. The Morgan fingerprint density at radius 1 is 1.38 bits per heavy atom. The quantitative estimate of drug-likeness (QED) is 0.656. The van der Waals surface area contributed by atoms with Gasteiger partial charge in [-0.05, 0) is 30.4 Å². The number of fused-ring (bicyclic) bond motifs is 1. The summed E-state index contributed by atoms with van der Waals surface area (Å²) in [6.07, 6.45) is 3.46. The zero-order chi connectivity index (χ0) is 15.6. The fourth-order valence-corrected chi connectivity index (χ4v) is 2.54. The van der Waals surface area contributed by atoms with Crippen molar-refractivity contribution in [2.45, 2.75) is 39.8 Å². The summed E-state index contributed by atoms with van der Waals surface area (Å²) in [5.74, 6) is 0.556. The van der Waals surface area contributed by atoms with Crippen LogP contribution in [0.1, 0.15) is 26.7 Å². The lowest BCUT2D eigenvalue weighted by molar-refractivity contribution is 0.507. The fraction of sp³-hybridized carbons (Fsp3) is 0.500. The molecule has 2 aromatic heterocycles. The van der Waals surface area contributed by atoms with Crippen molar-refractivity contribution in [2.75, 3.05) is 0 Å². The molecule has 1 N–H and O–H groups in total. The van der Waals surface area contributed by atoms with Gasteiger partial charge in [0.15, 0.2) is 11.2 Å². The third kappa shape index (κ3) is 3.10. The highest BCUT2D eigenvalue weighted by Gasteiger charge is 2.16. The number of rotatable bonds is 6. The monoisotopic (exact) mass is 310 g/mol. The third-order valence-corrected chi connectivity index (χ3v) is 3.60. The first-order chi connectivity index (χ1) is 9.95. The maximum absolute atomic E-state index is 12.0. The Morgan fingerprint density at radius 2 is 2.10 bits per heavy atom. The minimum atomic E-state index is -0.476. The molecule has 0 saturated carbocycles. The highest BCUT2D eigenvalue weighted by Crippen LogP contribution is 2.16. The second-order valence-corrected chi connectivity index (χ2v) is 5.74. The van der Waals surface area contributed by atoms with Gasteiger partial charge in [0, 0.05) is 13.1 Å². The van der Waals surface area contributed by atoms with E-state index in [0.717, 1.165) is 12.8 Å². The number of hydrogen-bond donors (Lipinski definition) is 1. The Kier molecular flexibility index (Phi) is 4.67. The predicted molar refractivity (Wildman–Crippen MR) is 83.9 cm³/mol. The molecule has 0 aliphatic carbocycles. The highest BCUT2D eigenvalue weighted by molar-refractivity contribution is 6.29. The fourth-order valence-electron chi connectivity index (χ4n) is 2.31. The molecule has 2 heterocycles. The molecule has 21 heavy (non-hydrogen) atoms. The number of nitrogens with zero attached hydrogens (tertiary/aromatic N) is 3. The van der Waals surface area contributed by atoms with Crippen LogP contribution in [0.4, 0.5) is 0 Å². The SMILES string of the molecule is C=CCn1c(Cl)nc2c1c(=O)[nH]c(=O)n2CCCC(C)C. The van der Waals surface area contributed by atoms with Gasteiger partial charge < -0.3 is 4.57 Å². The first-order valence-electron chi connectivity index (χ1n) is 6.95. The van der Waals surface area contributed by atoms with E-state index in [2.05, 4.69) is 30.4 Å². The van der Waals surface area contributed by atoms with E-state index < -0.39 is 11.2 Å². The molecule has 0 atom stereocenters. The van der Waals surface area contributed by atoms with E-state index in [1.807, 2.05) is 0 Å². The van der Waals surface area contributed by atoms with Gasteiger partial charge in [0.25, 0.3) is 5.56 Å². The van der Waals surface area contributed by atoms with Crippen molar-refractivity contribution in [3.63, 3.8) is 0 Å². The van der Waals surface area contributed by atoms with Gasteiger partial charge in [0.05, 0.1) is 0 Å². The first kappa shape index (κ1) is 15.6. The Bertz CT molecular complexity index is 770. The number of aromatic amines is 1. The van der Waals surface area contributed by atoms with Gasteiger partial charge in [0.2, 0.25) is 5.28 Å². The van der Waals surface area contributed by atoms with E-state index in [0.29, 0.717) is 30.2 Å². The molecule has 0 saturated heterocycles. The van der Waals surface area contributed by atoms with Crippen molar-refractivity contribution < 1.29 is 0 Å². The summed E-state index contributed by atoms with van der Waals surface area (Å²) in [6, 6.07) is 0. The Morgan fingerprint density at radius 3 is 2.71 bits per heavy atom. The van der Waals surface area contributed by atoms with E-state index in [4.69, 9.17) is 11.6 Å². The molecule has 0 fully saturated rings. The second-order valence-electron chi connectivity index (χ2n) is 5.40. The molecular weight excluding hydrogens is 292 g/mol. The van der Waals surface area contributed by atoms with Crippen molar-refractivity contribution >= 4 is 22.8 Å². The van der Waals surface area contributed by atoms with E-state index in [9.17, 15) is 9.59 Å². The molecule has 6 nitrogen and oxygen atoms in total. The molecule has 0 unspecified atom stereocenters. The minimum absolute atomic E-state index is 0.179. The number of halogens is 1. The van der Waals surface area contributed by atoms with Crippen molar-refractivity contribution in [1.29, 1.82) is 0 Å². The van der Waals surface area contributed by atoms with Gasteiger partial charge >= 0.3 is 5.69 Å². The summed E-state index contributed by atoms with van der Waals surface area (Å²) in [4.78, 5) is 30.5. The molecule has 0 bridgehead atoms. The molecule has 0 amide bonds. The number of aromatic nitrogens is 4. The van der Waals surface area contributed by atoms with Crippen LogP contribution >= 0.6 is 11.6 Å². The number of hydrogen-bond acceptors (Lipinski definition) is 3. The molecular formula is C14H19ClN4O2. The van der Waals surface area contributed by atoms with Crippen LogP contribution in [0.2, 0.25) is 5.28 Å². The lowest BCUT2D eigenvalue weighted by Gasteiger charge is -2.08. The first-order valence-corrected chi connectivity index (χ1v) is 7.33. The van der Waals surface area contributed by atoms with Crippen LogP contribution < -0.4 is 11.2 Å². The van der Waals surface area contributed by atoms with E-state index in [1.54, 1.807) is 10.6 Å². The standard InChI is InChI=1S/C14H19ClN4O2/c1-4-7-18-10-11(16-13(18)15)19(8-5-6-9(2)3)14(21)17-12(10)20/h4,9H,1,5-8H2,2-3H3,(H,17,20,21). The maximum Gasteiger partial charge on any atom is 0.330 e. The molecule has 114 valence electrons. The van der Waals surface area contributed by atoms with Gasteiger partial charge in [-0.15, -0.1) is 6.58 Å². The molecule has 0 aromatic carbocycles. The van der Waals surface area contributed by atoms with Gasteiger partial charge in [0.1, 0.15) is 0 Å². The lowest BCUT2D eigenvalue weighted by Crippen LogP contribution is -2.31. The van der Waals surface area contributed by atoms with Gasteiger partial charge in [-0.3, -0.25) is 14.3 Å². The summed E-state index contributed by atoms with van der Waals surface area (Å²) >= 11 is 6.06. The summed E-state index contributed by atoms with van der Waals surface area (Å²) < 4.78 is 3.02. The smallest absolute Gasteiger partial charge is 0.305 e. The van der Waals surface area contributed by atoms with E-state index in [-0.39, 0.29) is 5.28 Å².